The summed E-state index contributed by atoms with van der Waals surface area (Å²) in [7, 11) is 0. The van der Waals surface area contributed by atoms with Gasteiger partial charge in [0.2, 0.25) is 5.91 Å². The third-order valence-electron chi connectivity index (χ3n) is 1.17. The fraction of sp³-hybridized carbons (Fsp3) is 0.286. The van der Waals surface area contributed by atoms with E-state index in [2.05, 4.69) is 33.9 Å². The van der Waals surface area contributed by atoms with E-state index in [1.54, 1.807) is 0 Å². The maximum atomic E-state index is 11.1. The molecule has 12 heavy (non-hydrogen) atoms. The number of thiophene rings is 1. The second-order valence-corrected chi connectivity index (χ2v) is 5.04. The monoisotopic (exact) mass is 265 g/mol. The summed E-state index contributed by atoms with van der Waals surface area (Å²) in [4.78, 5) is 11.1. The van der Waals surface area contributed by atoms with Crippen molar-refractivity contribution >= 4 is 50.8 Å². The smallest absolute Gasteiger partial charge is 0.225 e. The second kappa shape index (κ2) is 4.89. The standard InChI is InChI=1S/C7H8BrNOS2/c8-5-1-2-7(12-5)9-6(10)3-4-11/h1-2,11H,3-4H2,(H,9,10). The van der Waals surface area contributed by atoms with Crippen molar-refractivity contribution in [1.29, 1.82) is 0 Å². The third kappa shape index (κ3) is 3.16. The molecule has 66 valence electrons. The van der Waals surface area contributed by atoms with Crippen LogP contribution in [0.2, 0.25) is 0 Å². The molecule has 2 nitrogen and oxygen atoms in total. The lowest BCUT2D eigenvalue weighted by Gasteiger charge is -1.98. The fourth-order valence-electron chi connectivity index (χ4n) is 0.683. The number of thiol groups is 1. The van der Waals surface area contributed by atoms with E-state index in [1.165, 1.54) is 11.3 Å². The summed E-state index contributed by atoms with van der Waals surface area (Å²) in [5.41, 5.74) is 0. The van der Waals surface area contributed by atoms with Crippen LogP contribution in [0.5, 0.6) is 0 Å². The number of rotatable bonds is 3. The van der Waals surface area contributed by atoms with Crippen molar-refractivity contribution in [2.24, 2.45) is 0 Å². The van der Waals surface area contributed by atoms with E-state index in [0.717, 1.165) is 8.79 Å². The molecule has 0 aliphatic carbocycles. The molecular weight excluding hydrogens is 258 g/mol. The molecule has 1 aromatic rings. The average molecular weight is 266 g/mol. The number of hydrogen-bond acceptors (Lipinski definition) is 3. The van der Waals surface area contributed by atoms with Crippen LogP contribution in [0.4, 0.5) is 5.00 Å². The Morgan fingerprint density at radius 1 is 1.67 bits per heavy atom. The zero-order chi connectivity index (χ0) is 8.97. The molecule has 0 aliphatic heterocycles. The van der Waals surface area contributed by atoms with Crippen molar-refractivity contribution in [1.82, 2.24) is 0 Å². The SMILES string of the molecule is O=C(CCS)Nc1ccc(Br)s1. The van der Waals surface area contributed by atoms with Gasteiger partial charge in [-0.1, -0.05) is 0 Å². The van der Waals surface area contributed by atoms with Crippen molar-refractivity contribution in [3.05, 3.63) is 15.9 Å². The molecule has 1 N–H and O–H groups in total. The van der Waals surface area contributed by atoms with Crippen molar-refractivity contribution in [2.75, 3.05) is 11.1 Å². The summed E-state index contributed by atoms with van der Waals surface area (Å²) in [6.45, 7) is 0. The van der Waals surface area contributed by atoms with E-state index in [1.807, 2.05) is 12.1 Å². The zero-order valence-corrected chi connectivity index (χ0v) is 9.51. The van der Waals surface area contributed by atoms with Gasteiger partial charge in [-0.25, -0.2) is 0 Å². The van der Waals surface area contributed by atoms with Crippen LogP contribution in [0.1, 0.15) is 6.42 Å². The zero-order valence-electron chi connectivity index (χ0n) is 6.21. The number of anilines is 1. The topological polar surface area (TPSA) is 29.1 Å². The van der Waals surface area contributed by atoms with Crippen LogP contribution in [0, 0.1) is 0 Å². The first-order valence-corrected chi connectivity index (χ1v) is 5.62. The van der Waals surface area contributed by atoms with Gasteiger partial charge in [0.1, 0.15) is 0 Å². The lowest BCUT2D eigenvalue weighted by atomic mass is 10.4. The summed E-state index contributed by atoms with van der Waals surface area (Å²) in [6, 6.07) is 3.77. The van der Waals surface area contributed by atoms with Crippen molar-refractivity contribution in [2.45, 2.75) is 6.42 Å². The first-order chi connectivity index (χ1) is 5.72. The summed E-state index contributed by atoms with van der Waals surface area (Å²) in [6.07, 6.45) is 0.457. The van der Waals surface area contributed by atoms with Crippen LogP contribution >= 0.6 is 39.9 Å². The highest BCUT2D eigenvalue weighted by Crippen LogP contribution is 2.26. The van der Waals surface area contributed by atoms with Gasteiger partial charge in [0.25, 0.3) is 0 Å². The van der Waals surface area contributed by atoms with Gasteiger partial charge in [0, 0.05) is 6.42 Å². The molecule has 1 rings (SSSR count). The first-order valence-electron chi connectivity index (χ1n) is 3.38. The number of halogens is 1. The van der Waals surface area contributed by atoms with Gasteiger partial charge >= 0.3 is 0 Å². The molecule has 0 spiro atoms. The number of carbonyl (C=O) groups is 1. The molecule has 0 saturated carbocycles. The van der Waals surface area contributed by atoms with Crippen LogP contribution in [-0.4, -0.2) is 11.7 Å². The van der Waals surface area contributed by atoms with Gasteiger partial charge in [-0.05, 0) is 33.8 Å². The summed E-state index contributed by atoms with van der Waals surface area (Å²) >= 11 is 8.78. The maximum absolute atomic E-state index is 11.1. The van der Waals surface area contributed by atoms with Gasteiger partial charge in [-0.2, -0.15) is 12.6 Å². The van der Waals surface area contributed by atoms with Gasteiger partial charge in [-0.15, -0.1) is 11.3 Å². The summed E-state index contributed by atoms with van der Waals surface area (Å²) in [5.74, 6) is 0.595. The average Bonchev–Trinajstić information content (AvgIpc) is 2.36. The van der Waals surface area contributed by atoms with Crippen molar-refractivity contribution < 1.29 is 4.79 Å². The largest absolute Gasteiger partial charge is 0.318 e. The number of amides is 1. The minimum absolute atomic E-state index is 0.0133. The predicted octanol–water partition coefficient (Wildman–Crippen LogP) is 2.77. The molecule has 1 amide bonds. The van der Waals surface area contributed by atoms with E-state index < -0.39 is 0 Å². The molecule has 0 bridgehead atoms. The maximum Gasteiger partial charge on any atom is 0.225 e. The van der Waals surface area contributed by atoms with Crippen LogP contribution in [0.15, 0.2) is 15.9 Å². The normalized spacial score (nSPS) is 9.83. The Balaban J connectivity index is 2.46. The van der Waals surface area contributed by atoms with Gasteiger partial charge in [0.15, 0.2) is 0 Å². The number of carbonyl (C=O) groups excluding carboxylic acids is 1. The number of hydrogen-bond donors (Lipinski definition) is 2. The Kier molecular flexibility index (Phi) is 4.11. The molecule has 1 aromatic heterocycles. The highest BCUT2D eigenvalue weighted by Gasteiger charge is 2.02. The van der Waals surface area contributed by atoms with Crippen molar-refractivity contribution in [3.63, 3.8) is 0 Å². The Bertz CT molecular complexity index is 274. The van der Waals surface area contributed by atoms with E-state index in [0.29, 0.717) is 12.2 Å². The fourth-order valence-corrected chi connectivity index (χ4v) is 2.19. The Morgan fingerprint density at radius 2 is 2.42 bits per heavy atom. The van der Waals surface area contributed by atoms with Crippen LogP contribution in [-0.2, 0) is 4.79 Å². The summed E-state index contributed by atoms with van der Waals surface area (Å²) < 4.78 is 1.02. The highest BCUT2D eigenvalue weighted by atomic mass is 79.9. The lowest BCUT2D eigenvalue weighted by Crippen LogP contribution is -2.10. The predicted molar refractivity (Wildman–Crippen MR) is 59.1 cm³/mol. The minimum atomic E-state index is 0.0133. The molecule has 1 heterocycles. The quantitative estimate of drug-likeness (QED) is 0.809. The third-order valence-corrected chi connectivity index (χ3v) is 2.94. The van der Waals surface area contributed by atoms with Crippen molar-refractivity contribution in [3.8, 4) is 0 Å². The Hall–Kier alpha value is -0.0000000000000000833. The van der Waals surface area contributed by atoms with Gasteiger partial charge in [0.05, 0.1) is 8.79 Å². The van der Waals surface area contributed by atoms with E-state index >= 15 is 0 Å². The molecule has 5 heteroatoms. The van der Waals surface area contributed by atoms with Crippen LogP contribution in [0.3, 0.4) is 0 Å². The summed E-state index contributed by atoms with van der Waals surface area (Å²) in [5, 5.41) is 3.63. The Morgan fingerprint density at radius 3 is 2.92 bits per heavy atom. The molecule has 0 saturated heterocycles. The molecule has 0 aromatic carbocycles. The highest BCUT2D eigenvalue weighted by molar-refractivity contribution is 9.11. The number of nitrogens with one attached hydrogen (secondary N) is 1. The molecular formula is C7H8BrNOS2. The Labute approximate surface area is 88.9 Å². The van der Waals surface area contributed by atoms with E-state index in [4.69, 9.17) is 0 Å². The van der Waals surface area contributed by atoms with E-state index in [9.17, 15) is 4.79 Å². The minimum Gasteiger partial charge on any atom is -0.318 e. The van der Waals surface area contributed by atoms with Crippen LogP contribution in [0.25, 0.3) is 0 Å². The second-order valence-electron chi connectivity index (χ2n) is 2.13. The van der Waals surface area contributed by atoms with Gasteiger partial charge < -0.3 is 5.32 Å². The first kappa shape index (κ1) is 10.1. The van der Waals surface area contributed by atoms with Crippen LogP contribution < -0.4 is 5.32 Å². The van der Waals surface area contributed by atoms with Gasteiger partial charge in [-0.3, -0.25) is 4.79 Å². The molecule has 0 atom stereocenters. The van der Waals surface area contributed by atoms with E-state index in [-0.39, 0.29) is 5.91 Å². The molecule has 0 radical (unpaired) electrons. The lowest BCUT2D eigenvalue weighted by molar-refractivity contribution is -0.115. The molecule has 0 aliphatic rings. The molecule has 0 unspecified atom stereocenters. The molecule has 0 fully saturated rings.